The van der Waals surface area contributed by atoms with Gasteiger partial charge in [0.05, 0.1) is 4.90 Å². The van der Waals surface area contributed by atoms with Crippen molar-refractivity contribution in [3.05, 3.63) is 59.2 Å². The first-order valence-corrected chi connectivity index (χ1v) is 11.0. The van der Waals surface area contributed by atoms with Crippen molar-refractivity contribution in [2.24, 2.45) is 5.14 Å². The molecule has 2 unspecified atom stereocenters. The molecule has 4 rings (SSSR count). The van der Waals surface area contributed by atoms with E-state index in [0.29, 0.717) is 13.1 Å². The van der Waals surface area contributed by atoms with Crippen LogP contribution in [0.3, 0.4) is 0 Å². The molecule has 2 N–H and O–H groups in total. The molecule has 0 aliphatic carbocycles. The number of rotatable bonds is 2. The third-order valence-electron chi connectivity index (χ3n) is 6.11. The third-order valence-corrected chi connectivity index (χ3v) is 7.03. The first kappa shape index (κ1) is 19.0. The fourth-order valence-corrected chi connectivity index (χ4v) is 5.16. The molecule has 0 saturated heterocycles. The van der Waals surface area contributed by atoms with Gasteiger partial charge in [0.25, 0.3) is 0 Å². The Balaban J connectivity index is 1.73. The molecule has 6 nitrogen and oxygen atoms in total. The van der Waals surface area contributed by atoms with Gasteiger partial charge in [-0.1, -0.05) is 30.3 Å². The molecule has 2 aromatic carbocycles. The minimum absolute atomic E-state index is 0.0786. The van der Waals surface area contributed by atoms with E-state index in [0.717, 1.165) is 24.1 Å². The second-order valence-corrected chi connectivity index (χ2v) is 9.32. The summed E-state index contributed by atoms with van der Waals surface area (Å²) in [6.07, 6.45) is 1.82. The van der Waals surface area contributed by atoms with Gasteiger partial charge in [-0.2, -0.15) is 0 Å². The zero-order chi connectivity index (χ0) is 20.1. The normalized spacial score (nSPS) is 21.8. The van der Waals surface area contributed by atoms with Gasteiger partial charge in [-0.25, -0.2) is 13.6 Å². The fourth-order valence-electron chi connectivity index (χ4n) is 4.62. The maximum atomic E-state index is 12.1. The number of hydrogen-bond acceptors (Lipinski definition) is 4. The Kier molecular flexibility index (Phi) is 4.67. The number of aryl methyl sites for hydroxylation is 1. The van der Waals surface area contributed by atoms with E-state index in [1.807, 2.05) is 30.1 Å². The molecule has 0 fully saturated rings. The minimum Gasteiger partial charge on any atom is -0.371 e. The Bertz CT molecular complexity index is 1030. The molecule has 2 heterocycles. The van der Waals surface area contributed by atoms with Crippen LogP contribution in [0.4, 0.5) is 5.69 Å². The highest BCUT2D eigenvalue weighted by Crippen LogP contribution is 2.40. The van der Waals surface area contributed by atoms with Crippen LogP contribution in [-0.4, -0.2) is 38.9 Å². The molecule has 2 atom stereocenters. The van der Waals surface area contributed by atoms with Crippen LogP contribution in [-0.2, 0) is 27.8 Å². The van der Waals surface area contributed by atoms with Crippen LogP contribution in [0.2, 0.25) is 0 Å². The Morgan fingerprint density at radius 2 is 1.89 bits per heavy atom. The minimum atomic E-state index is -3.75. The first-order valence-electron chi connectivity index (χ1n) is 9.47. The number of fused-ring (bicyclic) bond motifs is 2. The van der Waals surface area contributed by atoms with Crippen molar-refractivity contribution in [1.82, 2.24) is 4.90 Å². The van der Waals surface area contributed by atoms with E-state index >= 15 is 0 Å². The van der Waals surface area contributed by atoms with Crippen molar-refractivity contribution in [3.8, 4) is 0 Å². The van der Waals surface area contributed by atoms with Gasteiger partial charge in [0, 0.05) is 44.7 Å². The summed E-state index contributed by atoms with van der Waals surface area (Å²) in [4.78, 5) is 16.3. The number of carbonyl (C=O) groups is 1. The summed E-state index contributed by atoms with van der Waals surface area (Å²) in [6.45, 7) is 2.93. The van der Waals surface area contributed by atoms with Crippen molar-refractivity contribution < 1.29 is 13.2 Å². The highest BCUT2D eigenvalue weighted by molar-refractivity contribution is 7.89. The number of nitrogens with zero attached hydrogens (tertiary/aromatic N) is 2. The van der Waals surface area contributed by atoms with Crippen molar-refractivity contribution in [2.75, 3.05) is 18.5 Å². The predicted molar refractivity (Wildman–Crippen MR) is 109 cm³/mol. The van der Waals surface area contributed by atoms with Crippen molar-refractivity contribution >= 4 is 21.6 Å². The molecule has 2 aliphatic heterocycles. The van der Waals surface area contributed by atoms with Gasteiger partial charge in [-0.3, -0.25) is 4.79 Å². The SMILES string of the molecule is CC(=O)N1Cc2ccccc2C(C2CCc3ccc(S(N)(=O)=O)cc3N2C)C1. The van der Waals surface area contributed by atoms with Crippen LogP contribution in [0.15, 0.2) is 47.4 Å². The smallest absolute Gasteiger partial charge is 0.238 e. The molecular formula is C21H25N3O3S. The number of primary sulfonamides is 1. The summed E-state index contributed by atoms with van der Waals surface area (Å²) < 4.78 is 23.6. The van der Waals surface area contributed by atoms with E-state index in [1.165, 1.54) is 11.1 Å². The Morgan fingerprint density at radius 1 is 1.14 bits per heavy atom. The van der Waals surface area contributed by atoms with Crippen molar-refractivity contribution in [2.45, 2.75) is 43.2 Å². The van der Waals surface area contributed by atoms with Gasteiger partial charge in [-0.15, -0.1) is 0 Å². The lowest BCUT2D eigenvalue weighted by Gasteiger charge is -2.45. The molecule has 0 aromatic heterocycles. The molecule has 0 saturated carbocycles. The summed E-state index contributed by atoms with van der Waals surface area (Å²) >= 11 is 0. The van der Waals surface area contributed by atoms with E-state index < -0.39 is 10.0 Å². The van der Waals surface area contributed by atoms with Crippen molar-refractivity contribution in [1.29, 1.82) is 0 Å². The van der Waals surface area contributed by atoms with Gasteiger partial charge in [0.15, 0.2) is 0 Å². The summed E-state index contributed by atoms with van der Waals surface area (Å²) in [5.41, 5.74) is 4.49. The summed E-state index contributed by atoms with van der Waals surface area (Å²) in [6, 6.07) is 13.6. The van der Waals surface area contributed by atoms with Crippen LogP contribution < -0.4 is 10.0 Å². The molecule has 0 radical (unpaired) electrons. The second-order valence-electron chi connectivity index (χ2n) is 7.76. The highest BCUT2D eigenvalue weighted by Gasteiger charge is 2.36. The average molecular weight is 400 g/mol. The number of carbonyl (C=O) groups excluding carboxylic acids is 1. The van der Waals surface area contributed by atoms with E-state index in [9.17, 15) is 13.2 Å². The van der Waals surface area contributed by atoms with E-state index in [4.69, 9.17) is 5.14 Å². The Hall–Kier alpha value is -2.38. The topological polar surface area (TPSA) is 83.7 Å². The van der Waals surface area contributed by atoms with Crippen LogP contribution >= 0.6 is 0 Å². The molecule has 2 aliphatic rings. The lowest BCUT2D eigenvalue weighted by molar-refractivity contribution is -0.130. The maximum absolute atomic E-state index is 12.1. The van der Waals surface area contributed by atoms with Gasteiger partial charge in [0.2, 0.25) is 15.9 Å². The number of nitrogens with two attached hydrogens (primary N) is 1. The molecule has 0 spiro atoms. The molecule has 28 heavy (non-hydrogen) atoms. The molecule has 2 aromatic rings. The van der Waals surface area contributed by atoms with Crippen molar-refractivity contribution in [3.63, 3.8) is 0 Å². The van der Waals surface area contributed by atoms with Gasteiger partial charge < -0.3 is 9.80 Å². The van der Waals surface area contributed by atoms with Crippen LogP contribution in [0.1, 0.15) is 36.0 Å². The molecule has 0 bridgehead atoms. The van der Waals surface area contributed by atoms with Gasteiger partial charge in [0.1, 0.15) is 0 Å². The quantitative estimate of drug-likeness (QED) is 0.839. The molecule has 1 amide bonds. The fraction of sp³-hybridized carbons (Fsp3) is 0.381. The number of benzene rings is 2. The lowest BCUT2D eigenvalue weighted by atomic mass is 9.79. The monoisotopic (exact) mass is 399 g/mol. The number of anilines is 1. The predicted octanol–water partition coefficient (Wildman–Crippen LogP) is 2.23. The summed E-state index contributed by atoms with van der Waals surface area (Å²) in [7, 11) is -1.75. The standard InChI is InChI=1S/C21H25N3O3S/c1-14(25)24-12-16-5-3-4-6-18(16)19(13-24)20-10-8-15-7-9-17(28(22,26)27)11-21(15)23(20)2/h3-7,9,11,19-20H,8,10,12-13H2,1-2H3,(H2,22,26,27). The van der Waals surface area contributed by atoms with Gasteiger partial charge in [-0.05, 0) is 41.7 Å². The highest BCUT2D eigenvalue weighted by atomic mass is 32.2. The Labute approximate surface area is 166 Å². The summed E-state index contributed by atoms with van der Waals surface area (Å²) in [5, 5.41) is 5.34. The molecule has 7 heteroatoms. The lowest BCUT2D eigenvalue weighted by Crippen LogP contribution is -2.48. The number of likely N-dealkylation sites (N-methyl/N-ethyl adjacent to an activating group) is 1. The van der Waals surface area contributed by atoms with Crippen LogP contribution in [0.5, 0.6) is 0 Å². The largest absolute Gasteiger partial charge is 0.371 e. The average Bonchev–Trinajstić information content (AvgIpc) is 2.66. The van der Waals surface area contributed by atoms with Gasteiger partial charge >= 0.3 is 0 Å². The number of sulfonamides is 1. The number of amides is 1. The third kappa shape index (κ3) is 3.29. The molecular weight excluding hydrogens is 374 g/mol. The maximum Gasteiger partial charge on any atom is 0.238 e. The zero-order valence-electron chi connectivity index (χ0n) is 16.1. The van der Waals surface area contributed by atoms with Crippen LogP contribution in [0, 0.1) is 0 Å². The zero-order valence-corrected chi connectivity index (χ0v) is 16.9. The molecule has 148 valence electrons. The van der Waals surface area contributed by atoms with Crippen LogP contribution in [0.25, 0.3) is 0 Å². The second kappa shape index (κ2) is 6.90. The van der Waals surface area contributed by atoms with E-state index in [1.54, 1.807) is 19.1 Å². The summed E-state index contributed by atoms with van der Waals surface area (Å²) in [5.74, 6) is 0.250. The van der Waals surface area contributed by atoms with E-state index in [-0.39, 0.29) is 22.8 Å². The van der Waals surface area contributed by atoms with E-state index in [2.05, 4.69) is 17.0 Å². The Morgan fingerprint density at radius 3 is 2.61 bits per heavy atom. The number of hydrogen-bond donors (Lipinski definition) is 1. The first-order chi connectivity index (χ1) is 13.3.